The number of nitrogens with one attached hydrogen (secondary N) is 1. The molecule has 0 atom stereocenters. The van der Waals surface area contributed by atoms with E-state index in [0.29, 0.717) is 0 Å². The van der Waals surface area contributed by atoms with Crippen molar-refractivity contribution < 1.29 is 0 Å². The molecule has 0 unspecified atom stereocenters. The Balaban J connectivity index is 1.72. The minimum absolute atomic E-state index is 1.03. The standard InChI is InChI=1S/C18H26N2S/c1-3-4-5-6-12-19-13-11-18-20-17(14-21-18)16-9-7-15(2)8-10-16/h7-10,14,19H,3-6,11-13H2,1-2H3. The van der Waals surface area contributed by atoms with Crippen molar-refractivity contribution in [2.75, 3.05) is 13.1 Å². The molecule has 2 nitrogen and oxygen atoms in total. The van der Waals surface area contributed by atoms with Gasteiger partial charge in [-0.1, -0.05) is 56.0 Å². The first-order valence-electron chi connectivity index (χ1n) is 8.01. The molecule has 114 valence electrons. The Bertz CT molecular complexity index is 516. The SMILES string of the molecule is CCCCCCNCCc1nc(-c2ccc(C)cc2)cs1. The second-order valence-electron chi connectivity index (χ2n) is 5.55. The molecule has 0 radical (unpaired) electrons. The summed E-state index contributed by atoms with van der Waals surface area (Å²) in [5.41, 5.74) is 3.62. The van der Waals surface area contributed by atoms with Gasteiger partial charge in [0.2, 0.25) is 0 Å². The zero-order valence-electron chi connectivity index (χ0n) is 13.2. The number of unbranched alkanes of at least 4 members (excludes halogenated alkanes) is 3. The highest BCUT2D eigenvalue weighted by atomic mass is 32.1. The van der Waals surface area contributed by atoms with E-state index in [1.54, 1.807) is 11.3 Å². The zero-order chi connectivity index (χ0) is 14.9. The molecule has 0 saturated carbocycles. The Morgan fingerprint density at radius 1 is 1.05 bits per heavy atom. The van der Waals surface area contributed by atoms with Crippen LogP contribution in [0.2, 0.25) is 0 Å². The molecular formula is C18H26N2S. The summed E-state index contributed by atoms with van der Waals surface area (Å²) in [6.07, 6.45) is 6.33. The average molecular weight is 302 g/mol. The number of nitrogens with zero attached hydrogens (tertiary/aromatic N) is 1. The molecule has 1 heterocycles. The molecule has 21 heavy (non-hydrogen) atoms. The second kappa shape index (κ2) is 8.96. The van der Waals surface area contributed by atoms with Crippen molar-refractivity contribution in [3.63, 3.8) is 0 Å². The van der Waals surface area contributed by atoms with Crippen LogP contribution in [-0.4, -0.2) is 18.1 Å². The minimum Gasteiger partial charge on any atom is -0.316 e. The van der Waals surface area contributed by atoms with Gasteiger partial charge in [-0.2, -0.15) is 0 Å². The maximum Gasteiger partial charge on any atom is 0.0945 e. The van der Waals surface area contributed by atoms with E-state index in [9.17, 15) is 0 Å². The number of hydrogen-bond donors (Lipinski definition) is 1. The predicted molar refractivity (Wildman–Crippen MR) is 93.0 cm³/mol. The summed E-state index contributed by atoms with van der Waals surface area (Å²) in [6.45, 7) is 6.53. The van der Waals surface area contributed by atoms with Crippen LogP contribution in [0.5, 0.6) is 0 Å². The quantitative estimate of drug-likeness (QED) is 0.671. The highest BCUT2D eigenvalue weighted by Crippen LogP contribution is 2.22. The van der Waals surface area contributed by atoms with E-state index in [-0.39, 0.29) is 0 Å². The third-order valence-corrected chi connectivity index (χ3v) is 4.53. The van der Waals surface area contributed by atoms with Gasteiger partial charge in [0.25, 0.3) is 0 Å². The van der Waals surface area contributed by atoms with Gasteiger partial charge in [0, 0.05) is 23.9 Å². The van der Waals surface area contributed by atoms with Gasteiger partial charge in [-0.25, -0.2) is 4.98 Å². The van der Waals surface area contributed by atoms with Crippen LogP contribution < -0.4 is 5.32 Å². The first-order chi connectivity index (χ1) is 10.3. The molecular weight excluding hydrogens is 276 g/mol. The minimum atomic E-state index is 1.03. The number of thiazole rings is 1. The molecule has 2 rings (SSSR count). The summed E-state index contributed by atoms with van der Waals surface area (Å²) < 4.78 is 0. The predicted octanol–water partition coefficient (Wildman–Crippen LogP) is 4.83. The summed E-state index contributed by atoms with van der Waals surface area (Å²) in [4.78, 5) is 4.74. The van der Waals surface area contributed by atoms with E-state index in [2.05, 4.69) is 48.8 Å². The lowest BCUT2D eigenvalue weighted by molar-refractivity contribution is 0.598. The molecule has 1 N–H and O–H groups in total. The van der Waals surface area contributed by atoms with Crippen LogP contribution in [0.15, 0.2) is 29.6 Å². The van der Waals surface area contributed by atoms with E-state index in [1.165, 1.54) is 41.8 Å². The number of aryl methyl sites for hydroxylation is 1. The Morgan fingerprint density at radius 3 is 2.62 bits per heavy atom. The Hall–Kier alpha value is -1.19. The summed E-state index contributed by atoms with van der Waals surface area (Å²) in [5, 5.41) is 6.91. The lowest BCUT2D eigenvalue weighted by atomic mass is 10.1. The summed E-state index contributed by atoms with van der Waals surface area (Å²) in [6, 6.07) is 8.60. The summed E-state index contributed by atoms with van der Waals surface area (Å²) in [7, 11) is 0. The third-order valence-electron chi connectivity index (χ3n) is 3.62. The van der Waals surface area contributed by atoms with Crippen molar-refractivity contribution in [2.45, 2.75) is 46.0 Å². The average Bonchev–Trinajstić information content (AvgIpc) is 2.96. The highest BCUT2D eigenvalue weighted by Gasteiger charge is 2.04. The highest BCUT2D eigenvalue weighted by molar-refractivity contribution is 7.09. The molecule has 0 spiro atoms. The fourth-order valence-corrected chi connectivity index (χ4v) is 3.09. The van der Waals surface area contributed by atoms with Crippen molar-refractivity contribution >= 4 is 11.3 Å². The molecule has 0 aliphatic carbocycles. The van der Waals surface area contributed by atoms with E-state index < -0.39 is 0 Å². The maximum absolute atomic E-state index is 4.74. The van der Waals surface area contributed by atoms with Crippen LogP contribution in [0.3, 0.4) is 0 Å². The fraction of sp³-hybridized carbons (Fsp3) is 0.500. The van der Waals surface area contributed by atoms with Gasteiger partial charge in [0.15, 0.2) is 0 Å². The molecule has 0 saturated heterocycles. The van der Waals surface area contributed by atoms with Crippen LogP contribution in [0.4, 0.5) is 0 Å². The van der Waals surface area contributed by atoms with Crippen molar-refractivity contribution in [3.05, 3.63) is 40.2 Å². The molecule has 0 fully saturated rings. The monoisotopic (exact) mass is 302 g/mol. The lowest BCUT2D eigenvalue weighted by Crippen LogP contribution is -2.18. The Labute approximate surface area is 132 Å². The molecule has 2 aromatic rings. The molecule has 0 aliphatic rings. The van der Waals surface area contributed by atoms with Crippen molar-refractivity contribution in [1.29, 1.82) is 0 Å². The van der Waals surface area contributed by atoms with Gasteiger partial charge in [-0.05, 0) is 19.9 Å². The van der Waals surface area contributed by atoms with Crippen LogP contribution >= 0.6 is 11.3 Å². The van der Waals surface area contributed by atoms with Gasteiger partial charge in [-0.15, -0.1) is 11.3 Å². The maximum atomic E-state index is 4.74. The van der Waals surface area contributed by atoms with Gasteiger partial charge >= 0.3 is 0 Å². The topological polar surface area (TPSA) is 24.9 Å². The summed E-state index contributed by atoms with van der Waals surface area (Å²) in [5.74, 6) is 0. The number of benzene rings is 1. The fourth-order valence-electron chi connectivity index (χ4n) is 2.28. The van der Waals surface area contributed by atoms with E-state index in [1.807, 2.05) is 0 Å². The molecule has 0 bridgehead atoms. The number of hydrogen-bond acceptors (Lipinski definition) is 3. The van der Waals surface area contributed by atoms with Gasteiger partial charge in [-0.3, -0.25) is 0 Å². The van der Waals surface area contributed by atoms with Crippen molar-refractivity contribution in [1.82, 2.24) is 10.3 Å². The normalized spacial score (nSPS) is 11.0. The summed E-state index contributed by atoms with van der Waals surface area (Å²) >= 11 is 1.77. The second-order valence-corrected chi connectivity index (χ2v) is 6.50. The van der Waals surface area contributed by atoms with E-state index in [4.69, 9.17) is 4.98 Å². The lowest BCUT2D eigenvalue weighted by Gasteiger charge is -2.02. The largest absolute Gasteiger partial charge is 0.316 e. The molecule has 1 aromatic carbocycles. The molecule has 3 heteroatoms. The zero-order valence-corrected chi connectivity index (χ0v) is 14.0. The van der Waals surface area contributed by atoms with E-state index in [0.717, 1.165) is 25.2 Å². The Morgan fingerprint density at radius 2 is 1.86 bits per heavy atom. The number of rotatable bonds is 9. The van der Waals surface area contributed by atoms with Crippen LogP contribution in [0.25, 0.3) is 11.3 Å². The smallest absolute Gasteiger partial charge is 0.0945 e. The molecule has 0 amide bonds. The Kier molecular flexibility index (Phi) is 6.90. The van der Waals surface area contributed by atoms with Crippen LogP contribution in [0, 0.1) is 6.92 Å². The van der Waals surface area contributed by atoms with E-state index >= 15 is 0 Å². The first-order valence-corrected chi connectivity index (χ1v) is 8.89. The van der Waals surface area contributed by atoms with Crippen LogP contribution in [-0.2, 0) is 6.42 Å². The van der Waals surface area contributed by atoms with Crippen molar-refractivity contribution in [2.24, 2.45) is 0 Å². The van der Waals surface area contributed by atoms with Gasteiger partial charge in [0.05, 0.1) is 10.7 Å². The number of aromatic nitrogens is 1. The molecule has 1 aromatic heterocycles. The third kappa shape index (κ3) is 5.60. The van der Waals surface area contributed by atoms with Crippen LogP contribution in [0.1, 0.15) is 43.2 Å². The van der Waals surface area contributed by atoms with Gasteiger partial charge < -0.3 is 5.32 Å². The van der Waals surface area contributed by atoms with Gasteiger partial charge in [0.1, 0.15) is 0 Å². The first kappa shape index (κ1) is 16.2. The molecule has 0 aliphatic heterocycles. The van der Waals surface area contributed by atoms with Crippen molar-refractivity contribution in [3.8, 4) is 11.3 Å².